The summed E-state index contributed by atoms with van der Waals surface area (Å²) in [5.41, 5.74) is 1.50. The van der Waals surface area contributed by atoms with Gasteiger partial charge in [0.25, 0.3) is 10.0 Å². The fourth-order valence-corrected chi connectivity index (χ4v) is 4.76. The number of nitrogens with zero attached hydrogens (tertiary/aromatic N) is 3. The lowest BCUT2D eigenvalue weighted by molar-refractivity contribution is -0.118. The number of carbonyl (C=O) groups excluding carboxylic acids is 1. The van der Waals surface area contributed by atoms with E-state index in [0.29, 0.717) is 10.8 Å². The summed E-state index contributed by atoms with van der Waals surface area (Å²) in [6, 6.07) is 15.5. The molecule has 28 heavy (non-hydrogen) atoms. The van der Waals surface area contributed by atoms with E-state index in [1.807, 2.05) is 13.0 Å². The number of rotatable bonds is 7. The molecule has 0 spiro atoms. The summed E-state index contributed by atoms with van der Waals surface area (Å²) in [7, 11) is -2.16. The zero-order chi connectivity index (χ0) is 20.1. The third-order valence-electron chi connectivity index (χ3n) is 4.26. The second-order valence-corrected chi connectivity index (χ2v) is 8.98. The minimum absolute atomic E-state index is 0.0365. The number of sulfonamides is 1. The van der Waals surface area contributed by atoms with Gasteiger partial charge >= 0.3 is 0 Å². The van der Waals surface area contributed by atoms with E-state index in [2.05, 4.69) is 4.98 Å². The van der Waals surface area contributed by atoms with Crippen molar-refractivity contribution >= 4 is 38.1 Å². The van der Waals surface area contributed by atoms with Crippen molar-refractivity contribution in [3.63, 3.8) is 0 Å². The van der Waals surface area contributed by atoms with Crippen molar-refractivity contribution in [1.82, 2.24) is 4.98 Å². The van der Waals surface area contributed by atoms with Crippen molar-refractivity contribution in [2.75, 3.05) is 22.8 Å². The Bertz CT molecular complexity index is 1020. The van der Waals surface area contributed by atoms with Crippen molar-refractivity contribution in [3.8, 4) is 0 Å². The normalized spacial score (nSPS) is 11.2. The molecule has 0 radical (unpaired) electrons. The monoisotopic (exact) mass is 415 g/mol. The summed E-state index contributed by atoms with van der Waals surface area (Å²) >= 11 is 1.36. The maximum Gasteiger partial charge on any atom is 0.264 e. The van der Waals surface area contributed by atoms with Gasteiger partial charge in [0.1, 0.15) is 0 Å². The molecule has 0 saturated carbocycles. The highest BCUT2D eigenvalue weighted by atomic mass is 32.2. The molecule has 2 aromatic carbocycles. The summed E-state index contributed by atoms with van der Waals surface area (Å²) < 4.78 is 27.8. The predicted octanol–water partition coefficient (Wildman–Crippen LogP) is 3.70. The van der Waals surface area contributed by atoms with Gasteiger partial charge in [-0.1, -0.05) is 35.9 Å². The van der Waals surface area contributed by atoms with Crippen LogP contribution < -0.4 is 9.21 Å². The van der Waals surface area contributed by atoms with Crippen LogP contribution in [0.5, 0.6) is 0 Å². The van der Waals surface area contributed by atoms with E-state index in [1.165, 1.54) is 20.5 Å². The average molecular weight is 416 g/mol. The Kier molecular flexibility index (Phi) is 6.11. The fraction of sp³-hybridized carbons (Fsp3) is 0.200. The molecular weight excluding hydrogens is 394 g/mol. The molecule has 0 unspecified atom stereocenters. The molecule has 3 aromatic rings. The first kappa shape index (κ1) is 20.0. The highest BCUT2D eigenvalue weighted by molar-refractivity contribution is 7.92. The number of hydrogen-bond donors (Lipinski definition) is 0. The van der Waals surface area contributed by atoms with Crippen LogP contribution in [0, 0.1) is 6.92 Å². The van der Waals surface area contributed by atoms with Gasteiger partial charge in [0.15, 0.2) is 5.13 Å². The fourth-order valence-electron chi connectivity index (χ4n) is 2.67. The second-order valence-electron chi connectivity index (χ2n) is 6.24. The second kappa shape index (κ2) is 8.53. The number of aromatic nitrogens is 1. The van der Waals surface area contributed by atoms with Crippen molar-refractivity contribution in [2.24, 2.45) is 0 Å². The van der Waals surface area contributed by atoms with Crippen LogP contribution in [-0.2, 0) is 14.8 Å². The van der Waals surface area contributed by atoms with Gasteiger partial charge in [-0.05, 0) is 31.2 Å². The Morgan fingerprint density at radius 1 is 1.07 bits per heavy atom. The largest absolute Gasteiger partial charge is 0.291 e. The van der Waals surface area contributed by atoms with Gasteiger partial charge in [-0.2, -0.15) is 0 Å². The highest BCUT2D eigenvalue weighted by Crippen LogP contribution is 2.25. The molecule has 0 bridgehead atoms. The van der Waals surface area contributed by atoms with E-state index in [1.54, 1.807) is 67.2 Å². The molecule has 3 rings (SSSR count). The number of amides is 1. The Hall–Kier alpha value is -2.71. The lowest BCUT2D eigenvalue weighted by atomic mass is 10.2. The number of para-hydroxylation sites is 1. The summed E-state index contributed by atoms with van der Waals surface area (Å²) in [5, 5.41) is 2.37. The SMILES string of the molecule is Cc1ccc(S(=O)(=O)N(CCC(=O)N(C)c2nccs2)c2ccccc2)cc1. The molecule has 0 atom stereocenters. The molecule has 0 aliphatic carbocycles. The van der Waals surface area contributed by atoms with E-state index in [9.17, 15) is 13.2 Å². The van der Waals surface area contributed by atoms with E-state index in [4.69, 9.17) is 0 Å². The smallest absolute Gasteiger partial charge is 0.264 e. The van der Waals surface area contributed by atoms with E-state index >= 15 is 0 Å². The van der Waals surface area contributed by atoms with Gasteiger partial charge in [-0.25, -0.2) is 13.4 Å². The third kappa shape index (κ3) is 4.40. The van der Waals surface area contributed by atoms with Crippen LogP contribution in [0.3, 0.4) is 0 Å². The maximum absolute atomic E-state index is 13.2. The van der Waals surface area contributed by atoms with Crippen LogP contribution >= 0.6 is 11.3 Å². The Morgan fingerprint density at radius 3 is 2.36 bits per heavy atom. The minimum Gasteiger partial charge on any atom is -0.291 e. The molecule has 0 aliphatic rings. The molecule has 146 valence electrons. The number of hydrogen-bond acceptors (Lipinski definition) is 5. The number of benzene rings is 2. The zero-order valence-electron chi connectivity index (χ0n) is 15.6. The van der Waals surface area contributed by atoms with Crippen LogP contribution in [0.25, 0.3) is 0 Å². The van der Waals surface area contributed by atoms with Gasteiger partial charge in [0.05, 0.1) is 10.6 Å². The predicted molar refractivity (Wildman–Crippen MR) is 112 cm³/mol. The number of thiazole rings is 1. The van der Waals surface area contributed by atoms with Gasteiger partial charge in [-0.15, -0.1) is 11.3 Å². The Labute approximate surface area is 169 Å². The van der Waals surface area contributed by atoms with Gasteiger partial charge in [0, 0.05) is 31.6 Å². The quantitative estimate of drug-likeness (QED) is 0.590. The van der Waals surface area contributed by atoms with Gasteiger partial charge < -0.3 is 0 Å². The number of carbonyl (C=O) groups is 1. The first-order valence-corrected chi connectivity index (χ1v) is 11.0. The van der Waals surface area contributed by atoms with Crippen molar-refractivity contribution in [1.29, 1.82) is 0 Å². The minimum atomic E-state index is -3.80. The van der Waals surface area contributed by atoms with Crippen molar-refractivity contribution in [2.45, 2.75) is 18.2 Å². The standard InChI is InChI=1S/C20H21N3O3S2/c1-16-8-10-18(11-9-16)28(25,26)23(17-6-4-3-5-7-17)14-12-19(24)22(2)20-21-13-15-27-20/h3-11,13,15H,12,14H2,1-2H3. The van der Waals surface area contributed by atoms with Crippen molar-refractivity contribution < 1.29 is 13.2 Å². The summed E-state index contributed by atoms with van der Waals surface area (Å²) in [4.78, 5) is 18.3. The average Bonchev–Trinajstić information content (AvgIpc) is 3.23. The molecule has 0 fully saturated rings. The molecule has 1 aromatic heterocycles. The zero-order valence-corrected chi connectivity index (χ0v) is 17.3. The highest BCUT2D eigenvalue weighted by Gasteiger charge is 2.26. The van der Waals surface area contributed by atoms with Crippen LogP contribution in [0.2, 0.25) is 0 Å². The van der Waals surface area contributed by atoms with E-state index < -0.39 is 10.0 Å². The molecule has 0 N–H and O–H groups in total. The summed E-state index contributed by atoms with van der Waals surface area (Å²) in [5.74, 6) is -0.199. The van der Waals surface area contributed by atoms with Crippen LogP contribution in [-0.4, -0.2) is 32.9 Å². The first-order chi connectivity index (χ1) is 13.4. The first-order valence-electron chi connectivity index (χ1n) is 8.70. The molecule has 1 heterocycles. The van der Waals surface area contributed by atoms with Crippen molar-refractivity contribution in [3.05, 3.63) is 71.7 Å². The molecule has 6 nitrogen and oxygen atoms in total. The summed E-state index contributed by atoms with van der Waals surface area (Å²) in [6.45, 7) is 1.94. The Balaban J connectivity index is 1.86. The van der Waals surface area contributed by atoms with Gasteiger partial charge in [-0.3, -0.25) is 14.0 Å². The van der Waals surface area contributed by atoms with Crippen LogP contribution in [0.1, 0.15) is 12.0 Å². The van der Waals surface area contributed by atoms with E-state index in [-0.39, 0.29) is 23.8 Å². The topological polar surface area (TPSA) is 70.6 Å². The lowest BCUT2D eigenvalue weighted by Crippen LogP contribution is -2.36. The molecule has 1 amide bonds. The molecular formula is C20H21N3O3S2. The maximum atomic E-state index is 13.2. The van der Waals surface area contributed by atoms with E-state index in [0.717, 1.165) is 5.56 Å². The van der Waals surface area contributed by atoms with Crippen LogP contribution in [0.4, 0.5) is 10.8 Å². The molecule has 0 saturated heterocycles. The van der Waals surface area contributed by atoms with Crippen LogP contribution in [0.15, 0.2) is 71.1 Å². The van der Waals surface area contributed by atoms with Gasteiger partial charge in [0.2, 0.25) is 5.91 Å². The number of anilines is 2. The third-order valence-corrected chi connectivity index (χ3v) is 6.95. The Morgan fingerprint density at radius 2 is 1.75 bits per heavy atom. The lowest BCUT2D eigenvalue weighted by Gasteiger charge is -2.25. The molecule has 8 heteroatoms. The molecule has 0 aliphatic heterocycles. The number of aryl methyl sites for hydroxylation is 1. The summed E-state index contributed by atoms with van der Waals surface area (Å²) in [6.07, 6.45) is 1.66.